The minimum absolute atomic E-state index is 0.0465. The summed E-state index contributed by atoms with van der Waals surface area (Å²) in [6.45, 7) is 2.07. The van der Waals surface area contributed by atoms with E-state index in [0.29, 0.717) is 5.75 Å². The van der Waals surface area contributed by atoms with Gasteiger partial charge in [0.1, 0.15) is 0 Å². The molecular weight excluding hydrogens is 280 g/mol. The van der Waals surface area contributed by atoms with Gasteiger partial charge in [-0.25, -0.2) is 0 Å². The van der Waals surface area contributed by atoms with Crippen LogP contribution >= 0.6 is 11.8 Å². The summed E-state index contributed by atoms with van der Waals surface area (Å²) in [5.41, 5.74) is 3.33. The number of hydrogen-bond donors (Lipinski definition) is 1. The molecule has 21 heavy (non-hydrogen) atoms. The summed E-state index contributed by atoms with van der Waals surface area (Å²) in [5, 5.41) is 3.08. The lowest BCUT2D eigenvalue weighted by molar-refractivity contribution is -0.119. The van der Waals surface area contributed by atoms with Crippen molar-refractivity contribution in [3.05, 3.63) is 65.5 Å². The lowest BCUT2D eigenvalue weighted by Crippen LogP contribution is -2.31. The van der Waals surface area contributed by atoms with E-state index in [-0.39, 0.29) is 11.9 Å². The van der Waals surface area contributed by atoms with Crippen LogP contribution in [-0.2, 0) is 11.2 Å². The Morgan fingerprint density at radius 1 is 1.24 bits per heavy atom. The third-order valence-corrected chi connectivity index (χ3v) is 3.77. The van der Waals surface area contributed by atoms with Gasteiger partial charge in [0.2, 0.25) is 5.91 Å². The largest absolute Gasteiger partial charge is 0.347 e. The second-order valence-corrected chi connectivity index (χ2v) is 5.86. The smallest absolute Gasteiger partial charge is 0.230 e. The fourth-order valence-corrected chi connectivity index (χ4v) is 2.48. The molecule has 0 radical (unpaired) electrons. The fourth-order valence-electron chi connectivity index (χ4n) is 2.14. The molecule has 110 valence electrons. The number of hydrogen-bond acceptors (Lipinski definition) is 3. The number of nitrogens with zero attached hydrogens (tertiary/aromatic N) is 1. The first-order valence-electron chi connectivity index (χ1n) is 6.94. The van der Waals surface area contributed by atoms with Crippen LogP contribution in [0.4, 0.5) is 0 Å². The lowest BCUT2D eigenvalue weighted by atomic mass is 10.0. The van der Waals surface area contributed by atoms with Crippen molar-refractivity contribution in [1.82, 2.24) is 10.3 Å². The quantitative estimate of drug-likeness (QED) is 0.891. The van der Waals surface area contributed by atoms with E-state index in [1.807, 2.05) is 24.5 Å². The van der Waals surface area contributed by atoms with Crippen molar-refractivity contribution >= 4 is 17.7 Å². The standard InChI is InChI=1S/C17H20N2OS/c1-13-6-8-14(9-7-13)11-16(19-17(20)12-21-2)15-5-3-4-10-18-15/h3-10,16H,11-12H2,1-2H3,(H,19,20)/t16-/m1/s1. The van der Waals surface area contributed by atoms with Crippen LogP contribution in [0.5, 0.6) is 0 Å². The number of thioether (sulfide) groups is 1. The summed E-state index contributed by atoms with van der Waals surface area (Å²) in [6, 6.07) is 14.1. The van der Waals surface area contributed by atoms with Crippen molar-refractivity contribution in [2.75, 3.05) is 12.0 Å². The van der Waals surface area contributed by atoms with E-state index in [2.05, 4.69) is 41.5 Å². The monoisotopic (exact) mass is 300 g/mol. The molecule has 1 N–H and O–H groups in total. The fraction of sp³-hybridized carbons (Fsp3) is 0.294. The molecular formula is C17H20N2OS. The van der Waals surface area contributed by atoms with E-state index < -0.39 is 0 Å². The first-order valence-corrected chi connectivity index (χ1v) is 8.33. The SMILES string of the molecule is CSCC(=O)N[C@H](Cc1ccc(C)cc1)c1ccccn1. The molecule has 1 aromatic heterocycles. The molecule has 0 spiro atoms. The van der Waals surface area contributed by atoms with Crippen molar-refractivity contribution in [3.8, 4) is 0 Å². The molecule has 1 atom stereocenters. The molecule has 2 rings (SSSR count). The Kier molecular flexibility index (Phi) is 5.81. The van der Waals surface area contributed by atoms with Gasteiger partial charge in [0.15, 0.2) is 0 Å². The van der Waals surface area contributed by atoms with Crippen LogP contribution in [0, 0.1) is 6.92 Å². The van der Waals surface area contributed by atoms with Gasteiger partial charge in [-0.15, -0.1) is 0 Å². The molecule has 0 bridgehead atoms. The average molecular weight is 300 g/mol. The van der Waals surface area contributed by atoms with Crippen LogP contribution in [0.1, 0.15) is 22.9 Å². The molecule has 2 aromatic rings. The van der Waals surface area contributed by atoms with Crippen molar-refractivity contribution in [1.29, 1.82) is 0 Å². The Balaban J connectivity index is 2.15. The highest BCUT2D eigenvalue weighted by molar-refractivity contribution is 7.99. The van der Waals surface area contributed by atoms with Gasteiger partial charge in [-0.05, 0) is 37.3 Å². The van der Waals surface area contributed by atoms with Gasteiger partial charge in [0, 0.05) is 6.20 Å². The van der Waals surface area contributed by atoms with E-state index in [9.17, 15) is 4.79 Å². The van der Waals surface area contributed by atoms with Gasteiger partial charge >= 0.3 is 0 Å². The molecule has 1 aromatic carbocycles. The van der Waals surface area contributed by atoms with Crippen molar-refractivity contribution in [2.45, 2.75) is 19.4 Å². The molecule has 0 unspecified atom stereocenters. The predicted octanol–water partition coefficient (Wildman–Crippen LogP) is 3.15. The number of nitrogens with one attached hydrogen (secondary N) is 1. The molecule has 4 heteroatoms. The van der Waals surface area contributed by atoms with Crippen LogP contribution in [0.2, 0.25) is 0 Å². The minimum atomic E-state index is -0.0893. The van der Waals surface area contributed by atoms with Crippen LogP contribution in [-0.4, -0.2) is 22.9 Å². The zero-order valence-corrected chi connectivity index (χ0v) is 13.2. The number of carbonyl (C=O) groups excluding carboxylic acids is 1. The molecule has 0 aliphatic rings. The third-order valence-electron chi connectivity index (χ3n) is 3.22. The number of benzene rings is 1. The van der Waals surface area contributed by atoms with E-state index in [4.69, 9.17) is 0 Å². The Morgan fingerprint density at radius 3 is 2.62 bits per heavy atom. The molecule has 1 heterocycles. The summed E-state index contributed by atoms with van der Waals surface area (Å²) in [7, 11) is 0. The summed E-state index contributed by atoms with van der Waals surface area (Å²) >= 11 is 1.52. The maximum absolute atomic E-state index is 11.9. The molecule has 0 aliphatic carbocycles. The molecule has 0 fully saturated rings. The second kappa shape index (κ2) is 7.84. The van der Waals surface area contributed by atoms with Gasteiger partial charge in [-0.2, -0.15) is 11.8 Å². The Hall–Kier alpha value is -1.81. The zero-order chi connectivity index (χ0) is 15.1. The maximum atomic E-state index is 11.9. The number of aryl methyl sites for hydroxylation is 1. The minimum Gasteiger partial charge on any atom is -0.347 e. The van der Waals surface area contributed by atoms with Gasteiger partial charge < -0.3 is 5.32 Å². The molecule has 1 amide bonds. The zero-order valence-electron chi connectivity index (χ0n) is 12.4. The van der Waals surface area contributed by atoms with E-state index in [0.717, 1.165) is 12.1 Å². The third kappa shape index (κ3) is 4.90. The van der Waals surface area contributed by atoms with Gasteiger partial charge in [0.05, 0.1) is 17.5 Å². The highest BCUT2D eigenvalue weighted by atomic mass is 32.2. The van der Waals surface area contributed by atoms with E-state index in [1.54, 1.807) is 6.20 Å². The van der Waals surface area contributed by atoms with Crippen molar-refractivity contribution < 1.29 is 4.79 Å². The second-order valence-electron chi connectivity index (χ2n) is 5.00. The normalized spacial score (nSPS) is 11.9. The van der Waals surface area contributed by atoms with Crippen LogP contribution in [0.15, 0.2) is 48.7 Å². The highest BCUT2D eigenvalue weighted by Crippen LogP contribution is 2.17. The Labute approximate surface area is 130 Å². The maximum Gasteiger partial charge on any atom is 0.230 e. The van der Waals surface area contributed by atoms with Crippen molar-refractivity contribution in [2.24, 2.45) is 0 Å². The highest BCUT2D eigenvalue weighted by Gasteiger charge is 2.16. The predicted molar refractivity (Wildman–Crippen MR) is 88.4 cm³/mol. The topological polar surface area (TPSA) is 42.0 Å². The van der Waals surface area contributed by atoms with Gasteiger partial charge in [-0.1, -0.05) is 35.9 Å². The average Bonchev–Trinajstić information content (AvgIpc) is 2.50. The van der Waals surface area contributed by atoms with Crippen LogP contribution in [0.25, 0.3) is 0 Å². The van der Waals surface area contributed by atoms with Crippen LogP contribution < -0.4 is 5.32 Å². The first-order chi connectivity index (χ1) is 10.2. The number of aromatic nitrogens is 1. The van der Waals surface area contributed by atoms with E-state index in [1.165, 1.54) is 22.9 Å². The first kappa shape index (κ1) is 15.6. The molecule has 0 saturated carbocycles. The van der Waals surface area contributed by atoms with Crippen LogP contribution in [0.3, 0.4) is 0 Å². The summed E-state index contributed by atoms with van der Waals surface area (Å²) < 4.78 is 0. The Morgan fingerprint density at radius 2 is 2.00 bits per heavy atom. The van der Waals surface area contributed by atoms with Gasteiger partial charge in [0.25, 0.3) is 0 Å². The van der Waals surface area contributed by atoms with Crippen molar-refractivity contribution in [3.63, 3.8) is 0 Å². The number of amides is 1. The summed E-state index contributed by atoms with van der Waals surface area (Å²) in [5.74, 6) is 0.516. The van der Waals surface area contributed by atoms with Gasteiger partial charge in [-0.3, -0.25) is 9.78 Å². The molecule has 0 saturated heterocycles. The molecule has 0 aliphatic heterocycles. The Bertz CT molecular complexity index is 569. The summed E-state index contributed by atoms with van der Waals surface area (Å²) in [4.78, 5) is 16.3. The van der Waals surface area contributed by atoms with E-state index >= 15 is 0 Å². The molecule has 3 nitrogen and oxygen atoms in total. The number of pyridine rings is 1. The summed E-state index contributed by atoms with van der Waals surface area (Å²) in [6.07, 6.45) is 4.44. The number of carbonyl (C=O) groups is 1. The lowest BCUT2D eigenvalue weighted by Gasteiger charge is -2.18. The number of rotatable bonds is 6.